The molecule has 1 atom stereocenters. The molecule has 3 heterocycles. The van der Waals surface area contributed by atoms with Crippen molar-refractivity contribution < 1.29 is 14.3 Å². The van der Waals surface area contributed by atoms with Gasteiger partial charge in [0.15, 0.2) is 0 Å². The summed E-state index contributed by atoms with van der Waals surface area (Å²) in [6.45, 7) is 3.80. The lowest BCUT2D eigenvalue weighted by molar-refractivity contribution is -0.128. The summed E-state index contributed by atoms with van der Waals surface area (Å²) in [5, 5.41) is 8.16. The first-order valence-electron chi connectivity index (χ1n) is 10.3. The minimum atomic E-state index is -0.384. The third kappa shape index (κ3) is 3.47. The van der Waals surface area contributed by atoms with Gasteiger partial charge in [0.1, 0.15) is 11.4 Å². The third-order valence-electron chi connectivity index (χ3n) is 5.78. The van der Waals surface area contributed by atoms with Crippen LogP contribution in [-0.4, -0.2) is 60.5 Å². The molecule has 1 aliphatic rings. The number of pyridine rings is 1. The van der Waals surface area contributed by atoms with Gasteiger partial charge in [-0.2, -0.15) is 0 Å². The lowest BCUT2D eigenvalue weighted by atomic mass is 10.0. The van der Waals surface area contributed by atoms with Crippen LogP contribution in [0.4, 0.5) is 5.69 Å². The molecule has 1 saturated heterocycles. The molecule has 0 bridgehead atoms. The fourth-order valence-electron chi connectivity index (χ4n) is 4.18. The number of H-pyrrole nitrogens is 1. The van der Waals surface area contributed by atoms with E-state index in [1.165, 1.54) is 0 Å². The number of anilines is 1. The molecule has 1 unspecified atom stereocenters. The maximum Gasteiger partial charge on any atom is 0.229 e. The van der Waals surface area contributed by atoms with Crippen molar-refractivity contribution in [1.82, 2.24) is 20.2 Å². The number of likely N-dealkylation sites (tertiary alicyclic amines) is 1. The largest absolute Gasteiger partial charge is 0.494 e. The van der Waals surface area contributed by atoms with Gasteiger partial charge in [-0.15, -0.1) is 0 Å². The highest BCUT2D eigenvalue weighted by molar-refractivity contribution is 6.15. The number of aromatic nitrogens is 2. The zero-order valence-electron chi connectivity index (χ0n) is 17.5. The number of aryl methyl sites for hydroxylation is 1. The number of aromatic amines is 1. The monoisotopic (exact) mass is 409 g/mol. The number of carbonyl (C=O) groups is 2. The van der Waals surface area contributed by atoms with Crippen molar-refractivity contribution in [3.63, 3.8) is 0 Å². The number of methoxy groups -OCH3 is 1. The molecule has 8 nitrogen and oxygen atoms in total. The van der Waals surface area contributed by atoms with Crippen LogP contribution >= 0.6 is 0 Å². The minimum Gasteiger partial charge on any atom is -0.494 e. The van der Waals surface area contributed by atoms with Gasteiger partial charge in [0.05, 0.1) is 30.3 Å². The van der Waals surface area contributed by atoms with Gasteiger partial charge in [-0.05, 0) is 31.2 Å². The number of hydrogen-bond donors (Lipinski definition) is 3. The van der Waals surface area contributed by atoms with E-state index < -0.39 is 0 Å². The van der Waals surface area contributed by atoms with Crippen LogP contribution in [0.5, 0.6) is 5.75 Å². The van der Waals surface area contributed by atoms with Crippen LogP contribution in [0.25, 0.3) is 21.8 Å². The lowest BCUT2D eigenvalue weighted by Crippen LogP contribution is -2.33. The normalized spacial score (nSPS) is 16.6. The number of likely N-dealkylation sites (N-methyl/N-ethyl adjacent to an activating group) is 1. The number of ether oxygens (including phenoxy) is 1. The number of nitrogens with zero attached hydrogens (tertiary/aromatic N) is 2. The molecule has 4 rings (SSSR count). The van der Waals surface area contributed by atoms with E-state index in [0.29, 0.717) is 31.1 Å². The van der Waals surface area contributed by atoms with E-state index in [1.54, 1.807) is 24.4 Å². The van der Waals surface area contributed by atoms with Gasteiger partial charge < -0.3 is 25.3 Å². The van der Waals surface area contributed by atoms with Crippen LogP contribution < -0.4 is 15.4 Å². The fourth-order valence-corrected chi connectivity index (χ4v) is 4.18. The second kappa shape index (κ2) is 8.31. The Bertz CT molecular complexity index is 1110. The highest BCUT2D eigenvalue weighted by atomic mass is 16.5. The van der Waals surface area contributed by atoms with Crippen molar-refractivity contribution in [2.45, 2.75) is 19.8 Å². The van der Waals surface area contributed by atoms with Crippen LogP contribution in [0.2, 0.25) is 0 Å². The molecular formula is C22H27N5O3. The molecule has 1 aliphatic heterocycles. The molecule has 0 aliphatic carbocycles. The maximum absolute atomic E-state index is 13.1. The predicted octanol–water partition coefficient (Wildman–Crippen LogP) is 2.29. The topological polar surface area (TPSA) is 99.3 Å². The van der Waals surface area contributed by atoms with Crippen molar-refractivity contribution in [3.05, 3.63) is 30.1 Å². The van der Waals surface area contributed by atoms with Gasteiger partial charge in [0.2, 0.25) is 11.8 Å². The van der Waals surface area contributed by atoms with Gasteiger partial charge in [0.25, 0.3) is 0 Å². The van der Waals surface area contributed by atoms with Crippen molar-refractivity contribution in [3.8, 4) is 5.75 Å². The number of hydrogen-bond acceptors (Lipinski definition) is 5. The Morgan fingerprint density at radius 3 is 2.97 bits per heavy atom. The van der Waals surface area contributed by atoms with Crippen LogP contribution in [0.3, 0.4) is 0 Å². The quantitative estimate of drug-likeness (QED) is 0.556. The Morgan fingerprint density at radius 2 is 2.23 bits per heavy atom. The minimum absolute atomic E-state index is 0.0153. The number of benzene rings is 1. The maximum atomic E-state index is 13.1. The molecule has 0 radical (unpaired) electrons. The average molecular weight is 409 g/mol. The molecule has 30 heavy (non-hydrogen) atoms. The van der Waals surface area contributed by atoms with Crippen LogP contribution in [0, 0.1) is 5.92 Å². The van der Waals surface area contributed by atoms with Crippen LogP contribution in [0.15, 0.2) is 24.5 Å². The van der Waals surface area contributed by atoms with E-state index in [1.807, 2.05) is 13.1 Å². The van der Waals surface area contributed by atoms with Gasteiger partial charge in [0, 0.05) is 43.0 Å². The fraction of sp³-hybridized carbons (Fsp3) is 0.409. The van der Waals surface area contributed by atoms with Gasteiger partial charge in [-0.25, -0.2) is 0 Å². The zero-order chi connectivity index (χ0) is 21.3. The van der Waals surface area contributed by atoms with Crippen molar-refractivity contribution in [1.29, 1.82) is 0 Å². The van der Waals surface area contributed by atoms with Gasteiger partial charge in [-0.3, -0.25) is 14.6 Å². The number of nitrogens with one attached hydrogen (secondary N) is 3. The molecule has 1 aromatic carbocycles. The highest BCUT2D eigenvalue weighted by Crippen LogP contribution is 2.40. The standard InChI is InChI=1S/C22H27N5O3/c1-4-13-9-16-15-5-6-24-11-17(15)25-19(16)20(21(13)30-3)26-22(29)14-10-18(28)27(12-14)8-7-23-2/h5-6,9,11,14,23,25H,4,7-8,10,12H2,1-3H3,(H,26,29). The Balaban J connectivity index is 1.71. The third-order valence-corrected chi connectivity index (χ3v) is 5.78. The summed E-state index contributed by atoms with van der Waals surface area (Å²) >= 11 is 0. The molecule has 2 aromatic heterocycles. The second-order valence-corrected chi connectivity index (χ2v) is 7.60. The first kappa shape index (κ1) is 20.2. The average Bonchev–Trinajstić information content (AvgIpc) is 3.32. The van der Waals surface area contributed by atoms with E-state index in [4.69, 9.17) is 4.74 Å². The predicted molar refractivity (Wildman–Crippen MR) is 117 cm³/mol. The summed E-state index contributed by atoms with van der Waals surface area (Å²) in [6.07, 6.45) is 4.52. The molecule has 0 spiro atoms. The number of fused-ring (bicyclic) bond motifs is 3. The summed E-state index contributed by atoms with van der Waals surface area (Å²) in [4.78, 5) is 34.7. The molecule has 3 aromatic rings. The molecule has 2 amide bonds. The van der Waals surface area contributed by atoms with Crippen LogP contribution in [0.1, 0.15) is 18.9 Å². The van der Waals surface area contributed by atoms with Crippen molar-refractivity contribution in [2.75, 3.05) is 39.1 Å². The smallest absolute Gasteiger partial charge is 0.229 e. The lowest BCUT2D eigenvalue weighted by Gasteiger charge is -2.18. The van der Waals surface area contributed by atoms with Crippen molar-refractivity contribution >= 4 is 39.3 Å². The summed E-state index contributed by atoms with van der Waals surface area (Å²) in [5.74, 6) is 0.112. The second-order valence-electron chi connectivity index (χ2n) is 7.60. The number of amides is 2. The Morgan fingerprint density at radius 1 is 1.40 bits per heavy atom. The van der Waals surface area contributed by atoms with Crippen molar-refractivity contribution in [2.24, 2.45) is 5.92 Å². The number of carbonyl (C=O) groups excluding carboxylic acids is 2. The first-order valence-corrected chi connectivity index (χ1v) is 10.3. The molecule has 3 N–H and O–H groups in total. The van der Waals surface area contributed by atoms with E-state index in [0.717, 1.165) is 33.8 Å². The Labute approximate surface area is 175 Å². The van der Waals surface area contributed by atoms with Gasteiger partial charge >= 0.3 is 0 Å². The van der Waals surface area contributed by atoms with E-state index in [9.17, 15) is 9.59 Å². The molecule has 0 saturated carbocycles. The SMILES string of the molecule is CCc1cc2c([nH]c3cnccc32)c(NC(=O)C2CC(=O)N(CCNC)C2)c1OC. The highest BCUT2D eigenvalue weighted by Gasteiger charge is 2.34. The Hall–Kier alpha value is -3.13. The Kier molecular flexibility index (Phi) is 5.59. The van der Waals surface area contributed by atoms with E-state index >= 15 is 0 Å². The van der Waals surface area contributed by atoms with E-state index in [2.05, 4.69) is 33.6 Å². The molecule has 8 heteroatoms. The number of rotatable bonds is 7. The van der Waals surface area contributed by atoms with Gasteiger partial charge in [-0.1, -0.05) is 6.92 Å². The summed E-state index contributed by atoms with van der Waals surface area (Å²) in [7, 11) is 3.46. The summed E-state index contributed by atoms with van der Waals surface area (Å²) in [5.41, 5.74) is 3.33. The zero-order valence-corrected chi connectivity index (χ0v) is 17.5. The van der Waals surface area contributed by atoms with Crippen LogP contribution in [-0.2, 0) is 16.0 Å². The summed E-state index contributed by atoms with van der Waals surface area (Å²) < 4.78 is 5.69. The molecule has 1 fully saturated rings. The molecular weight excluding hydrogens is 382 g/mol. The molecule has 158 valence electrons. The van der Waals surface area contributed by atoms with E-state index in [-0.39, 0.29) is 24.2 Å². The first-order chi connectivity index (χ1) is 14.6. The summed E-state index contributed by atoms with van der Waals surface area (Å²) in [6, 6.07) is 4.06.